The fraction of sp³-hybridized carbons (Fsp3) is 0.636. The molecule has 0 spiro atoms. The van der Waals surface area contributed by atoms with Gasteiger partial charge in [-0.25, -0.2) is 0 Å². The molecule has 0 aliphatic carbocycles. The minimum absolute atomic E-state index is 0.0122. The van der Waals surface area contributed by atoms with Crippen molar-refractivity contribution >= 4 is 19.3 Å². The van der Waals surface area contributed by atoms with Crippen LogP contribution in [0.5, 0.6) is 0 Å². The van der Waals surface area contributed by atoms with Gasteiger partial charge in [-0.2, -0.15) is 0 Å². The Balaban J connectivity index is 4.51. The zero-order valence-electron chi connectivity index (χ0n) is 11.0. The summed E-state index contributed by atoms with van der Waals surface area (Å²) in [6, 6.07) is 0. The van der Waals surface area contributed by atoms with Crippen LogP contribution in [-0.2, 0) is 28.2 Å². The van der Waals surface area contributed by atoms with Crippen LogP contribution in [0.3, 0.4) is 0 Å². The molecule has 0 aliphatic rings. The molecule has 0 aromatic heterocycles. The van der Waals surface area contributed by atoms with Crippen molar-refractivity contribution in [3.8, 4) is 0 Å². The van der Waals surface area contributed by atoms with Crippen molar-refractivity contribution in [2.75, 3.05) is 6.16 Å². The average Bonchev–Trinajstić information content (AvgIpc) is 2.13. The van der Waals surface area contributed by atoms with Gasteiger partial charge in [-0.1, -0.05) is 6.58 Å². The molecule has 0 radical (unpaired) electrons. The second kappa shape index (κ2) is 7.34. The maximum absolute atomic E-state index is 12.2. The van der Waals surface area contributed by atoms with Crippen LogP contribution in [0.2, 0.25) is 0 Å². The van der Waals surface area contributed by atoms with Crippen LogP contribution in [0.1, 0.15) is 27.7 Å². The van der Waals surface area contributed by atoms with Crippen LogP contribution < -0.4 is 0 Å². The zero-order valence-corrected chi connectivity index (χ0v) is 11.9. The van der Waals surface area contributed by atoms with Gasteiger partial charge in [-0.05, 0) is 19.7 Å². The molecular weight excluding hydrogens is 259 g/mol. The Hall–Kier alpha value is -1.13. The molecular formula is C11H19O6P. The van der Waals surface area contributed by atoms with E-state index in [-0.39, 0.29) is 6.16 Å². The highest BCUT2D eigenvalue weighted by Gasteiger charge is 2.27. The van der Waals surface area contributed by atoms with Crippen molar-refractivity contribution in [2.45, 2.75) is 40.1 Å². The van der Waals surface area contributed by atoms with E-state index < -0.39 is 31.7 Å². The Kier molecular flexibility index (Phi) is 6.88. The zero-order chi connectivity index (χ0) is 14.3. The second-order valence-corrected chi connectivity index (χ2v) is 6.19. The summed E-state index contributed by atoms with van der Waals surface area (Å²) in [5.74, 6) is 0.157. The van der Waals surface area contributed by atoms with Crippen molar-refractivity contribution in [1.29, 1.82) is 0 Å². The second-order valence-electron chi connectivity index (χ2n) is 3.79. The molecule has 0 saturated heterocycles. The molecule has 7 heteroatoms. The Morgan fingerprint density at radius 2 is 1.72 bits per heavy atom. The maximum atomic E-state index is 12.2. The molecule has 0 rings (SSSR count). The van der Waals surface area contributed by atoms with Gasteiger partial charge in [0.1, 0.15) is 6.10 Å². The predicted molar refractivity (Wildman–Crippen MR) is 66.2 cm³/mol. The molecule has 0 aromatic rings. The molecule has 3 unspecified atom stereocenters. The lowest BCUT2D eigenvalue weighted by Gasteiger charge is -2.22. The third-order valence-corrected chi connectivity index (χ3v) is 4.05. The van der Waals surface area contributed by atoms with E-state index in [9.17, 15) is 14.2 Å². The molecule has 0 amide bonds. The standard InChI is InChI=1S/C11H19O6P/c1-6-18(14,7-8(2)15-9(3)12)17-11(5)16-10(4)13/h6,8,11H,1,7H2,2-5H3. The molecule has 6 nitrogen and oxygen atoms in total. The average molecular weight is 278 g/mol. The number of esters is 2. The number of carbonyl (C=O) groups is 2. The van der Waals surface area contributed by atoms with E-state index in [1.807, 2.05) is 0 Å². The van der Waals surface area contributed by atoms with E-state index in [1.54, 1.807) is 6.92 Å². The summed E-state index contributed by atoms with van der Waals surface area (Å²) in [5.41, 5.74) is 0. The summed E-state index contributed by atoms with van der Waals surface area (Å²) in [4.78, 5) is 21.5. The molecule has 0 N–H and O–H groups in total. The van der Waals surface area contributed by atoms with E-state index in [4.69, 9.17) is 14.0 Å². The maximum Gasteiger partial charge on any atom is 0.304 e. The number of ether oxygens (including phenoxy) is 2. The number of hydrogen-bond acceptors (Lipinski definition) is 6. The van der Waals surface area contributed by atoms with Crippen molar-refractivity contribution in [3.63, 3.8) is 0 Å². The van der Waals surface area contributed by atoms with Gasteiger partial charge >= 0.3 is 11.9 Å². The molecule has 0 aromatic carbocycles. The van der Waals surface area contributed by atoms with Crippen molar-refractivity contribution in [2.24, 2.45) is 0 Å². The predicted octanol–water partition coefficient (Wildman–Crippen LogP) is 2.29. The topological polar surface area (TPSA) is 78.9 Å². The van der Waals surface area contributed by atoms with Crippen molar-refractivity contribution in [3.05, 3.63) is 12.4 Å². The lowest BCUT2D eigenvalue weighted by atomic mass is 10.5. The first kappa shape index (κ1) is 16.9. The largest absolute Gasteiger partial charge is 0.462 e. The van der Waals surface area contributed by atoms with Crippen LogP contribution in [0.4, 0.5) is 0 Å². The molecule has 0 heterocycles. The third kappa shape index (κ3) is 7.25. The van der Waals surface area contributed by atoms with Crippen LogP contribution in [-0.4, -0.2) is 30.5 Å². The van der Waals surface area contributed by atoms with Gasteiger partial charge in [0.05, 0.1) is 6.16 Å². The van der Waals surface area contributed by atoms with Gasteiger partial charge in [0.2, 0.25) is 13.7 Å². The van der Waals surface area contributed by atoms with E-state index in [0.717, 1.165) is 5.82 Å². The SMILES string of the molecule is C=CP(=O)(CC(C)OC(C)=O)OC(C)OC(C)=O. The van der Waals surface area contributed by atoms with Crippen LogP contribution in [0.15, 0.2) is 12.4 Å². The summed E-state index contributed by atoms with van der Waals surface area (Å²) < 4.78 is 27.0. The quantitative estimate of drug-likeness (QED) is 0.404. The van der Waals surface area contributed by atoms with Gasteiger partial charge in [0.25, 0.3) is 0 Å². The summed E-state index contributed by atoms with van der Waals surface area (Å²) >= 11 is 0. The van der Waals surface area contributed by atoms with Crippen LogP contribution >= 0.6 is 7.37 Å². The molecule has 0 fully saturated rings. The lowest BCUT2D eigenvalue weighted by molar-refractivity contribution is -0.158. The summed E-state index contributed by atoms with van der Waals surface area (Å²) in [6.07, 6.45) is -1.53. The Bertz CT molecular complexity index is 337. The van der Waals surface area contributed by atoms with E-state index in [1.165, 1.54) is 20.8 Å². The number of rotatable bonds is 7. The van der Waals surface area contributed by atoms with Crippen molar-refractivity contribution in [1.82, 2.24) is 0 Å². The third-order valence-electron chi connectivity index (χ3n) is 1.82. The number of carbonyl (C=O) groups excluding carboxylic acids is 2. The van der Waals surface area contributed by atoms with Crippen LogP contribution in [0.25, 0.3) is 0 Å². The first-order valence-electron chi connectivity index (χ1n) is 5.43. The van der Waals surface area contributed by atoms with Gasteiger partial charge in [0.15, 0.2) is 0 Å². The molecule has 0 saturated carbocycles. The summed E-state index contributed by atoms with van der Waals surface area (Å²) in [6.45, 7) is 8.96. The fourth-order valence-electron chi connectivity index (χ4n) is 1.35. The summed E-state index contributed by atoms with van der Waals surface area (Å²) in [7, 11) is -3.22. The molecule has 18 heavy (non-hydrogen) atoms. The minimum Gasteiger partial charge on any atom is -0.462 e. The number of hydrogen-bond donors (Lipinski definition) is 0. The minimum atomic E-state index is -3.22. The van der Waals surface area contributed by atoms with Gasteiger partial charge in [0, 0.05) is 13.8 Å². The van der Waals surface area contributed by atoms with Crippen LogP contribution in [0, 0.1) is 0 Å². The molecule has 0 bridgehead atoms. The van der Waals surface area contributed by atoms with Crippen molar-refractivity contribution < 1.29 is 28.2 Å². The highest BCUT2D eigenvalue weighted by Crippen LogP contribution is 2.50. The molecule has 3 atom stereocenters. The smallest absolute Gasteiger partial charge is 0.304 e. The van der Waals surface area contributed by atoms with Gasteiger partial charge in [-0.15, -0.1) is 0 Å². The Morgan fingerprint density at radius 3 is 2.11 bits per heavy atom. The highest BCUT2D eigenvalue weighted by molar-refractivity contribution is 7.62. The fourth-order valence-corrected chi connectivity index (χ4v) is 3.00. The molecule has 104 valence electrons. The Labute approximate surface area is 107 Å². The van der Waals surface area contributed by atoms with E-state index in [2.05, 4.69) is 6.58 Å². The highest BCUT2D eigenvalue weighted by atomic mass is 31.2. The Morgan fingerprint density at radius 1 is 1.22 bits per heavy atom. The first-order valence-corrected chi connectivity index (χ1v) is 7.31. The first-order chi connectivity index (χ1) is 8.18. The van der Waals surface area contributed by atoms with E-state index >= 15 is 0 Å². The van der Waals surface area contributed by atoms with E-state index in [0.29, 0.717) is 0 Å². The monoisotopic (exact) mass is 278 g/mol. The normalized spacial score (nSPS) is 17.1. The van der Waals surface area contributed by atoms with Gasteiger partial charge < -0.3 is 9.47 Å². The molecule has 0 aliphatic heterocycles. The summed E-state index contributed by atoms with van der Waals surface area (Å²) in [5, 5.41) is 0. The lowest BCUT2D eigenvalue weighted by Crippen LogP contribution is -2.20. The van der Waals surface area contributed by atoms with Gasteiger partial charge in [-0.3, -0.25) is 18.7 Å².